The fourth-order valence-electron chi connectivity index (χ4n) is 1.65. The van der Waals surface area contributed by atoms with Crippen molar-refractivity contribution in [1.82, 2.24) is 9.78 Å². The van der Waals surface area contributed by atoms with Crippen molar-refractivity contribution in [3.8, 4) is 5.75 Å². The van der Waals surface area contributed by atoms with Crippen LogP contribution in [0.15, 0.2) is 18.2 Å². The van der Waals surface area contributed by atoms with Crippen LogP contribution in [-0.2, 0) is 6.54 Å². The molecule has 0 atom stereocenters. The normalized spacial score (nSPS) is 10.8. The highest BCUT2D eigenvalue weighted by Crippen LogP contribution is 2.21. The van der Waals surface area contributed by atoms with E-state index in [-0.39, 0.29) is 5.75 Å². The summed E-state index contributed by atoms with van der Waals surface area (Å²) in [6, 6.07) is 3.70. The van der Waals surface area contributed by atoms with Crippen LogP contribution in [0.5, 0.6) is 5.75 Å². The van der Waals surface area contributed by atoms with Gasteiger partial charge in [-0.3, -0.25) is 4.68 Å². The van der Waals surface area contributed by atoms with Crippen molar-refractivity contribution >= 4 is 0 Å². The summed E-state index contributed by atoms with van der Waals surface area (Å²) in [7, 11) is 0. The van der Waals surface area contributed by atoms with Crippen LogP contribution in [0.4, 0.5) is 8.78 Å². The quantitative estimate of drug-likeness (QED) is 0.873. The average Bonchev–Trinajstić information content (AvgIpc) is 2.52. The summed E-state index contributed by atoms with van der Waals surface area (Å²) < 4.78 is 27.3. The van der Waals surface area contributed by atoms with Gasteiger partial charge in [-0.05, 0) is 31.5 Å². The molecule has 0 aliphatic carbocycles. The summed E-state index contributed by atoms with van der Waals surface area (Å²) in [5.41, 5.74) is 1.71. The third-order valence-electron chi connectivity index (χ3n) is 2.66. The molecule has 5 heteroatoms. The minimum absolute atomic E-state index is 0.132. The van der Waals surface area contributed by atoms with Crippen molar-refractivity contribution in [2.45, 2.75) is 20.4 Å². The van der Waals surface area contributed by atoms with Gasteiger partial charge in [0.05, 0.1) is 12.2 Å². The van der Waals surface area contributed by atoms with E-state index in [1.807, 2.05) is 0 Å². The van der Waals surface area contributed by atoms with Crippen LogP contribution in [0, 0.1) is 25.5 Å². The van der Waals surface area contributed by atoms with Crippen LogP contribution >= 0.6 is 0 Å². The first-order valence-corrected chi connectivity index (χ1v) is 5.16. The van der Waals surface area contributed by atoms with Crippen LogP contribution < -0.4 is 0 Å². The number of aromatic hydroxyl groups is 1. The van der Waals surface area contributed by atoms with Gasteiger partial charge in [-0.2, -0.15) is 5.10 Å². The van der Waals surface area contributed by atoms with Crippen LogP contribution in [0.25, 0.3) is 0 Å². The maximum atomic E-state index is 13.0. The molecule has 0 saturated heterocycles. The molecule has 0 aliphatic rings. The van der Waals surface area contributed by atoms with Gasteiger partial charge in [0.2, 0.25) is 0 Å². The lowest BCUT2D eigenvalue weighted by Crippen LogP contribution is -2.04. The second kappa shape index (κ2) is 4.16. The summed E-state index contributed by atoms with van der Waals surface area (Å²) in [6.07, 6.45) is 0. The fraction of sp³-hybridized carbons (Fsp3) is 0.250. The Labute approximate surface area is 97.3 Å². The third-order valence-corrected chi connectivity index (χ3v) is 2.66. The van der Waals surface area contributed by atoms with E-state index in [1.165, 1.54) is 6.07 Å². The highest BCUT2D eigenvalue weighted by atomic mass is 19.2. The zero-order valence-electron chi connectivity index (χ0n) is 9.54. The van der Waals surface area contributed by atoms with Gasteiger partial charge in [-0.25, -0.2) is 8.78 Å². The lowest BCUT2D eigenvalue weighted by molar-refractivity contribution is 0.465. The van der Waals surface area contributed by atoms with Gasteiger partial charge in [-0.1, -0.05) is 6.07 Å². The van der Waals surface area contributed by atoms with E-state index in [4.69, 9.17) is 0 Å². The lowest BCUT2D eigenvalue weighted by Gasteiger charge is -2.04. The van der Waals surface area contributed by atoms with Gasteiger partial charge in [0.15, 0.2) is 17.4 Å². The Hall–Kier alpha value is -1.91. The topological polar surface area (TPSA) is 38.0 Å². The first-order chi connectivity index (χ1) is 7.99. The second-order valence-corrected chi connectivity index (χ2v) is 3.93. The number of aryl methyl sites for hydroxylation is 1. The van der Waals surface area contributed by atoms with E-state index >= 15 is 0 Å². The summed E-state index contributed by atoms with van der Waals surface area (Å²) in [4.78, 5) is 0. The van der Waals surface area contributed by atoms with E-state index in [0.29, 0.717) is 23.5 Å². The molecule has 3 nitrogen and oxygen atoms in total. The fourth-order valence-corrected chi connectivity index (χ4v) is 1.65. The van der Waals surface area contributed by atoms with Crippen LogP contribution in [0.1, 0.15) is 17.0 Å². The number of halogens is 2. The molecule has 90 valence electrons. The second-order valence-electron chi connectivity index (χ2n) is 3.93. The Morgan fingerprint density at radius 1 is 1.24 bits per heavy atom. The third kappa shape index (κ3) is 2.13. The smallest absolute Gasteiger partial charge is 0.159 e. The molecular formula is C12H12F2N2O. The van der Waals surface area contributed by atoms with Crippen molar-refractivity contribution in [3.63, 3.8) is 0 Å². The molecule has 0 aliphatic heterocycles. The molecule has 0 radical (unpaired) electrons. The minimum Gasteiger partial charge on any atom is -0.504 e. The zero-order valence-corrected chi connectivity index (χ0v) is 9.54. The molecule has 1 aromatic carbocycles. The molecule has 0 amide bonds. The molecule has 2 rings (SSSR count). The first-order valence-electron chi connectivity index (χ1n) is 5.16. The number of nitrogens with zero attached hydrogens (tertiary/aromatic N) is 2. The first kappa shape index (κ1) is 11.6. The van der Waals surface area contributed by atoms with E-state index < -0.39 is 11.6 Å². The summed E-state index contributed by atoms with van der Waals surface area (Å²) in [5.74, 6) is -1.62. The number of hydrogen-bond acceptors (Lipinski definition) is 2. The van der Waals surface area contributed by atoms with E-state index in [9.17, 15) is 13.9 Å². The minimum atomic E-state index is -0.881. The van der Waals surface area contributed by atoms with Gasteiger partial charge in [-0.15, -0.1) is 0 Å². The summed E-state index contributed by atoms with van der Waals surface area (Å²) >= 11 is 0. The highest BCUT2D eigenvalue weighted by Gasteiger charge is 2.11. The number of hydrogen-bond donors (Lipinski definition) is 1. The Morgan fingerprint density at radius 2 is 1.94 bits per heavy atom. The van der Waals surface area contributed by atoms with Crippen LogP contribution in [0.3, 0.4) is 0 Å². The van der Waals surface area contributed by atoms with Crippen molar-refractivity contribution in [1.29, 1.82) is 0 Å². The van der Waals surface area contributed by atoms with Crippen LogP contribution in [-0.4, -0.2) is 14.9 Å². The SMILES string of the molecule is Cc1nn(Cc2ccc(F)c(F)c2)c(C)c1O. The highest BCUT2D eigenvalue weighted by molar-refractivity contribution is 5.31. The standard InChI is InChI=1S/C12H12F2N2O/c1-7-12(17)8(2)16(15-7)6-9-3-4-10(13)11(14)5-9/h3-5,17H,6H2,1-2H3. The Morgan fingerprint density at radius 3 is 2.47 bits per heavy atom. The maximum Gasteiger partial charge on any atom is 0.159 e. The molecular weight excluding hydrogens is 226 g/mol. The lowest BCUT2D eigenvalue weighted by atomic mass is 10.2. The van der Waals surface area contributed by atoms with Gasteiger partial charge in [0.1, 0.15) is 5.69 Å². The van der Waals surface area contributed by atoms with E-state index in [1.54, 1.807) is 18.5 Å². The summed E-state index contributed by atoms with van der Waals surface area (Å²) in [6.45, 7) is 3.70. The van der Waals surface area contributed by atoms with Gasteiger partial charge < -0.3 is 5.11 Å². The molecule has 1 heterocycles. The Bertz CT molecular complexity index is 564. The predicted molar refractivity (Wildman–Crippen MR) is 58.8 cm³/mol. The molecule has 17 heavy (non-hydrogen) atoms. The molecule has 2 aromatic rings. The van der Waals surface area contributed by atoms with Crippen molar-refractivity contribution in [2.24, 2.45) is 0 Å². The molecule has 1 aromatic heterocycles. The average molecular weight is 238 g/mol. The van der Waals surface area contributed by atoms with Crippen LogP contribution in [0.2, 0.25) is 0 Å². The number of benzene rings is 1. The van der Waals surface area contributed by atoms with Gasteiger partial charge in [0.25, 0.3) is 0 Å². The predicted octanol–water partition coefficient (Wildman–Crippen LogP) is 2.53. The largest absolute Gasteiger partial charge is 0.504 e. The van der Waals surface area contributed by atoms with Crippen molar-refractivity contribution in [3.05, 3.63) is 46.8 Å². The number of aromatic nitrogens is 2. The van der Waals surface area contributed by atoms with Gasteiger partial charge in [0, 0.05) is 0 Å². The summed E-state index contributed by atoms with van der Waals surface area (Å²) in [5, 5.41) is 13.7. The van der Waals surface area contributed by atoms with Crippen molar-refractivity contribution in [2.75, 3.05) is 0 Å². The molecule has 0 spiro atoms. The molecule has 1 N–H and O–H groups in total. The number of rotatable bonds is 2. The molecule has 0 bridgehead atoms. The van der Waals surface area contributed by atoms with E-state index in [2.05, 4.69) is 5.10 Å². The molecule has 0 fully saturated rings. The monoisotopic (exact) mass is 238 g/mol. The molecule has 0 saturated carbocycles. The van der Waals surface area contributed by atoms with Gasteiger partial charge >= 0.3 is 0 Å². The zero-order chi connectivity index (χ0) is 12.6. The van der Waals surface area contributed by atoms with Crippen molar-refractivity contribution < 1.29 is 13.9 Å². The van der Waals surface area contributed by atoms with E-state index in [0.717, 1.165) is 12.1 Å². The molecule has 0 unspecified atom stereocenters. The Kier molecular flexibility index (Phi) is 2.83. The maximum absolute atomic E-state index is 13.0. The Balaban J connectivity index is 2.31.